The lowest BCUT2D eigenvalue weighted by atomic mass is 10.1. The van der Waals surface area contributed by atoms with Crippen LogP contribution in [0.2, 0.25) is 0 Å². The van der Waals surface area contributed by atoms with Gasteiger partial charge in [0.1, 0.15) is 10.6 Å². The van der Waals surface area contributed by atoms with Crippen molar-refractivity contribution in [2.24, 2.45) is 11.3 Å². The largest absolute Gasteiger partial charge is 0.360 e. The number of fused-ring (bicyclic) bond motifs is 1. The van der Waals surface area contributed by atoms with E-state index < -0.39 is 10.0 Å². The van der Waals surface area contributed by atoms with E-state index in [4.69, 9.17) is 4.52 Å². The van der Waals surface area contributed by atoms with Crippen LogP contribution in [0.4, 0.5) is 0 Å². The van der Waals surface area contributed by atoms with Gasteiger partial charge in [-0.1, -0.05) is 12.1 Å². The van der Waals surface area contributed by atoms with Crippen molar-refractivity contribution in [2.45, 2.75) is 32.1 Å². The first kappa shape index (κ1) is 11.2. The molecule has 5 nitrogen and oxygen atoms in total. The minimum absolute atomic E-state index is 0.214. The Labute approximate surface area is 101 Å². The molecule has 1 aliphatic heterocycles. The number of aromatic nitrogens is 1. The van der Waals surface area contributed by atoms with Gasteiger partial charge in [0.25, 0.3) is 0 Å². The Balaban J connectivity index is 1.98. The highest BCUT2D eigenvalue weighted by atomic mass is 32.2. The summed E-state index contributed by atoms with van der Waals surface area (Å²) in [5, 5.41) is 3.72. The van der Waals surface area contributed by atoms with Crippen molar-refractivity contribution >= 4 is 10.0 Å². The Morgan fingerprint density at radius 2 is 2.18 bits per heavy atom. The Bertz CT molecular complexity index is 558. The molecule has 2 fully saturated rings. The molecule has 0 bridgehead atoms. The third kappa shape index (κ3) is 1.47. The van der Waals surface area contributed by atoms with E-state index in [9.17, 15) is 8.42 Å². The van der Waals surface area contributed by atoms with Gasteiger partial charge in [-0.3, -0.25) is 0 Å². The maximum Gasteiger partial charge on any atom is 0.248 e. The minimum Gasteiger partial charge on any atom is -0.360 e. The van der Waals surface area contributed by atoms with E-state index in [-0.39, 0.29) is 10.3 Å². The van der Waals surface area contributed by atoms with Gasteiger partial charge in [-0.25, -0.2) is 8.42 Å². The molecule has 2 heterocycles. The number of hydrogen-bond donors (Lipinski definition) is 0. The van der Waals surface area contributed by atoms with Crippen LogP contribution in [-0.4, -0.2) is 31.0 Å². The Hall–Kier alpha value is -0.880. The van der Waals surface area contributed by atoms with E-state index in [1.165, 1.54) is 0 Å². The molecule has 6 heteroatoms. The van der Waals surface area contributed by atoms with E-state index in [2.05, 4.69) is 12.1 Å². The van der Waals surface area contributed by atoms with Gasteiger partial charge in [0, 0.05) is 13.1 Å². The predicted molar refractivity (Wildman–Crippen MR) is 60.9 cm³/mol. The average Bonchev–Trinajstić information content (AvgIpc) is 2.55. The fraction of sp³-hybridized carbons (Fsp3) is 0.727. The number of nitrogens with zero attached hydrogens (tertiary/aromatic N) is 2. The van der Waals surface area contributed by atoms with Gasteiger partial charge in [0.15, 0.2) is 5.76 Å². The van der Waals surface area contributed by atoms with Crippen LogP contribution < -0.4 is 0 Å². The second kappa shape index (κ2) is 3.11. The number of sulfonamides is 1. The number of aryl methyl sites for hydroxylation is 2. The number of hydrogen-bond acceptors (Lipinski definition) is 4. The molecule has 1 aliphatic carbocycles. The number of rotatable bonds is 2. The van der Waals surface area contributed by atoms with Gasteiger partial charge in [-0.05, 0) is 31.6 Å². The molecule has 2 aliphatic rings. The van der Waals surface area contributed by atoms with Crippen molar-refractivity contribution in [3.63, 3.8) is 0 Å². The van der Waals surface area contributed by atoms with Gasteiger partial charge in [0.05, 0.1) is 0 Å². The lowest BCUT2D eigenvalue weighted by Crippen LogP contribution is -2.32. The summed E-state index contributed by atoms with van der Waals surface area (Å²) in [5.41, 5.74) is 0.666. The van der Waals surface area contributed by atoms with Gasteiger partial charge in [0.2, 0.25) is 10.0 Å². The molecule has 94 valence electrons. The molecule has 1 saturated carbocycles. The van der Waals surface area contributed by atoms with Crippen molar-refractivity contribution in [2.75, 3.05) is 13.1 Å². The lowest BCUT2D eigenvalue weighted by Gasteiger charge is -2.18. The van der Waals surface area contributed by atoms with Gasteiger partial charge < -0.3 is 4.52 Å². The molecule has 0 N–H and O–H groups in total. The van der Waals surface area contributed by atoms with Crippen molar-refractivity contribution in [3.8, 4) is 0 Å². The highest BCUT2D eigenvalue weighted by Gasteiger charge is 2.59. The molecule has 3 rings (SSSR count). The van der Waals surface area contributed by atoms with E-state index in [0.29, 0.717) is 30.5 Å². The molecule has 0 aromatic carbocycles. The topological polar surface area (TPSA) is 63.4 Å². The summed E-state index contributed by atoms with van der Waals surface area (Å²) in [7, 11) is -3.42. The summed E-state index contributed by atoms with van der Waals surface area (Å²) in [6.45, 7) is 6.74. The maximum absolute atomic E-state index is 12.5. The van der Waals surface area contributed by atoms with Crippen LogP contribution in [0.25, 0.3) is 0 Å². The Morgan fingerprint density at radius 3 is 2.65 bits per heavy atom. The fourth-order valence-electron chi connectivity index (χ4n) is 2.85. The van der Waals surface area contributed by atoms with Crippen LogP contribution in [0.3, 0.4) is 0 Å². The summed E-state index contributed by atoms with van der Waals surface area (Å²) in [6.07, 6.45) is 1.15. The maximum atomic E-state index is 12.5. The molecule has 1 aromatic rings. The second-order valence-electron chi connectivity index (χ2n) is 5.51. The van der Waals surface area contributed by atoms with Crippen LogP contribution in [0.5, 0.6) is 0 Å². The van der Waals surface area contributed by atoms with E-state index in [0.717, 1.165) is 6.42 Å². The van der Waals surface area contributed by atoms with E-state index in [1.54, 1.807) is 18.2 Å². The summed E-state index contributed by atoms with van der Waals surface area (Å²) in [6, 6.07) is 0. The minimum atomic E-state index is -3.42. The highest BCUT2D eigenvalue weighted by molar-refractivity contribution is 7.89. The lowest BCUT2D eigenvalue weighted by molar-refractivity contribution is 0.388. The Morgan fingerprint density at radius 1 is 1.47 bits per heavy atom. The van der Waals surface area contributed by atoms with Crippen molar-refractivity contribution in [1.29, 1.82) is 0 Å². The summed E-state index contributed by atoms with van der Waals surface area (Å²) >= 11 is 0. The van der Waals surface area contributed by atoms with Crippen LogP contribution in [0.15, 0.2) is 9.42 Å². The molecule has 0 amide bonds. The first-order valence-electron chi connectivity index (χ1n) is 5.78. The molecule has 2 atom stereocenters. The molecule has 0 radical (unpaired) electrons. The average molecular weight is 256 g/mol. The van der Waals surface area contributed by atoms with Crippen molar-refractivity contribution < 1.29 is 12.9 Å². The quantitative estimate of drug-likeness (QED) is 0.800. The SMILES string of the molecule is Cc1noc(C)c1S(=O)(=O)N1CC2CC2(C)C1. The molecule has 17 heavy (non-hydrogen) atoms. The summed E-state index contributed by atoms with van der Waals surface area (Å²) < 4.78 is 31.5. The molecular formula is C11H16N2O3S. The van der Waals surface area contributed by atoms with Gasteiger partial charge in [-0.2, -0.15) is 4.31 Å². The second-order valence-corrected chi connectivity index (χ2v) is 7.38. The first-order chi connectivity index (χ1) is 7.84. The molecule has 1 aromatic heterocycles. The molecule has 1 saturated heterocycles. The standard InChI is InChI=1S/C11H16N2O3S/c1-7-10(8(2)16-12-7)17(14,15)13-5-9-4-11(9,3)6-13/h9H,4-6H2,1-3H3. The van der Waals surface area contributed by atoms with Crippen LogP contribution in [0, 0.1) is 25.2 Å². The van der Waals surface area contributed by atoms with Crippen LogP contribution in [-0.2, 0) is 10.0 Å². The van der Waals surface area contributed by atoms with Crippen molar-refractivity contribution in [3.05, 3.63) is 11.5 Å². The molecular weight excluding hydrogens is 240 g/mol. The zero-order chi connectivity index (χ0) is 12.4. The summed E-state index contributed by atoms with van der Waals surface area (Å²) in [4.78, 5) is 0.252. The third-order valence-corrected chi connectivity index (χ3v) is 6.12. The van der Waals surface area contributed by atoms with E-state index in [1.807, 2.05) is 0 Å². The molecule has 0 spiro atoms. The summed E-state index contributed by atoms with van der Waals surface area (Å²) in [5.74, 6) is 0.922. The predicted octanol–water partition coefficient (Wildman–Crippen LogP) is 1.32. The third-order valence-electron chi connectivity index (χ3n) is 4.07. The van der Waals surface area contributed by atoms with Crippen LogP contribution >= 0.6 is 0 Å². The Kier molecular flexibility index (Phi) is 2.06. The van der Waals surface area contributed by atoms with Crippen molar-refractivity contribution in [1.82, 2.24) is 9.46 Å². The zero-order valence-electron chi connectivity index (χ0n) is 10.2. The van der Waals surface area contributed by atoms with Gasteiger partial charge >= 0.3 is 0 Å². The first-order valence-corrected chi connectivity index (χ1v) is 7.22. The van der Waals surface area contributed by atoms with Crippen LogP contribution in [0.1, 0.15) is 24.8 Å². The number of piperidine rings is 1. The van der Waals surface area contributed by atoms with E-state index >= 15 is 0 Å². The zero-order valence-corrected chi connectivity index (χ0v) is 11.0. The monoisotopic (exact) mass is 256 g/mol. The smallest absolute Gasteiger partial charge is 0.248 e. The highest BCUT2D eigenvalue weighted by Crippen LogP contribution is 2.58. The fourth-order valence-corrected chi connectivity index (χ4v) is 4.76. The normalized spacial score (nSPS) is 32.8. The molecule has 2 unspecified atom stereocenters. The van der Waals surface area contributed by atoms with Gasteiger partial charge in [-0.15, -0.1) is 0 Å².